The van der Waals surface area contributed by atoms with Gasteiger partial charge in [-0.2, -0.15) is 0 Å². The van der Waals surface area contributed by atoms with Gasteiger partial charge in [0.15, 0.2) is 0 Å². The lowest BCUT2D eigenvalue weighted by molar-refractivity contribution is 0.415. The minimum atomic E-state index is 0.763. The lowest BCUT2D eigenvalue weighted by Crippen LogP contribution is -1.92. The Balaban J connectivity index is 1.70. The van der Waals surface area contributed by atoms with Crippen LogP contribution in [0.25, 0.3) is 0 Å². The maximum atomic E-state index is 5.14. The molecule has 130 valence electrons. The molecule has 0 radical (unpaired) electrons. The Bertz CT molecular complexity index is 829. The Morgan fingerprint density at radius 3 is 1.46 bits per heavy atom. The summed E-state index contributed by atoms with van der Waals surface area (Å²) in [6, 6.07) is 20.8. The Morgan fingerprint density at radius 2 is 1.08 bits per heavy atom. The first-order valence-corrected chi connectivity index (χ1v) is 8.10. The second kappa shape index (κ2) is 8.58. The fourth-order valence-corrected chi connectivity index (χ4v) is 2.23. The van der Waals surface area contributed by atoms with Crippen LogP contribution in [0.5, 0.6) is 11.5 Å². The van der Waals surface area contributed by atoms with Gasteiger partial charge in [0.05, 0.1) is 49.4 Å². The molecule has 0 aliphatic heterocycles. The summed E-state index contributed by atoms with van der Waals surface area (Å²) in [5, 5.41) is 0. The number of benzene rings is 2. The summed E-state index contributed by atoms with van der Waals surface area (Å²) in [7, 11) is 3.28. The molecule has 0 saturated heterocycles. The van der Waals surface area contributed by atoms with E-state index < -0.39 is 0 Å². The topological polar surface area (TPSA) is 56.1 Å². The number of aromatic nitrogens is 1. The van der Waals surface area contributed by atoms with Gasteiger partial charge >= 0.3 is 0 Å². The first kappa shape index (κ1) is 17.4. The molecule has 0 saturated carbocycles. The van der Waals surface area contributed by atoms with Gasteiger partial charge in [-0.1, -0.05) is 6.07 Å². The number of ether oxygens (including phenoxy) is 2. The summed E-state index contributed by atoms with van der Waals surface area (Å²) in [5.74, 6) is 1.61. The van der Waals surface area contributed by atoms with Crippen molar-refractivity contribution in [2.45, 2.75) is 0 Å². The monoisotopic (exact) mass is 345 g/mol. The number of methoxy groups -OCH3 is 2. The van der Waals surface area contributed by atoms with E-state index in [-0.39, 0.29) is 0 Å². The highest BCUT2D eigenvalue weighted by atomic mass is 16.5. The average Bonchev–Trinajstić information content (AvgIpc) is 2.72. The van der Waals surface area contributed by atoms with Crippen LogP contribution in [0.1, 0.15) is 11.4 Å². The van der Waals surface area contributed by atoms with Crippen LogP contribution in [0, 0.1) is 0 Å². The molecular formula is C21H19N3O2. The van der Waals surface area contributed by atoms with Crippen LogP contribution < -0.4 is 9.47 Å². The van der Waals surface area contributed by atoms with Gasteiger partial charge in [-0.25, -0.2) is 4.98 Å². The molecule has 3 rings (SSSR count). The Hall–Kier alpha value is -3.47. The van der Waals surface area contributed by atoms with E-state index >= 15 is 0 Å². The number of nitrogens with zero attached hydrogens (tertiary/aromatic N) is 3. The highest BCUT2D eigenvalue weighted by molar-refractivity contribution is 5.84. The standard InChI is InChI=1S/C21H19N3O2/c1-25-20-10-6-16(7-11-20)22-14-18-4-3-5-19(24-18)15-23-17-8-12-21(26-2)13-9-17/h3-15H,1-2H3. The van der Waals surface area contributed by atoms with Gasteiger partial charge in [0.1, 0.15) is 11.5 Å². The van der Waals surface area contributed by atoms with Crippen LogP contribution in [0.4, 0.5) is 11.4 Å². The molecule has 2 aromatic carbocycles. The molecule has 0 amide bonds. The molecule has 0 atom stereocenters. The average molecular weight is 345 g/mol. The number of hydrogen-bond acceptors (Lipinski definition) is 5. The number of pyridine rings is 1. The molecule has 0 spiro atoms. The van der Waals surface area contributed by atoms with Crippen molar-refractivity contribution >= 4 is 23.8 Å². The minimum Gasteiger partial charge on any atom is -0.497 e. The molecule has 0 bridgehead atoms. The molecule has 0 aliphatic carbocycles. The maximum Gasteiger partial charge on any atom is 0.119 e. The van der Waals surface area contributed by atoms with Crippen LogP contribution in [0.2, 0.25) is 0 Å². The van der Waals surface area contributed by atoms with Crippen molar-refractivity contribution in [1.82, 2.24) is 4.98 Å². The zero-order valence-electron chi connectivity index (χ0n) is 14.7. The number of hydrogen-bond donors (Lipinski definition) is 0. The molecule has 0 aliphatic rings. The third kappa shape index (κ3) is 4.77. The summed E-state index contributed by atoms with van der Waals surface area (Å²) < 4.78 is 10.3. The second-order valence-corrected chi connectivity index (χ2v) is 5.40. The first-order valence-electron chi connectivity index (χ1n) is 8.10. The fourth-order valence-electron chi connectivity index (χ4n) is 2.23. The van der Waals surface area contributed by atoms with Crippen molar-refractivity contribution < 1.29 is 9.47 Å². The van der Waals surface area contributed by atoms with E-state index in [4.69, 9.17) is 9.47 Å². The summed E-state index contributed by atoms with van der Waals surface area (Å²) in [5.41, 5.74) is 3.20. The molecule has 0 N–H and O–H groups in total. The summed E-state index contributed by atoms with van der Waals surface area (Å²) >= 11 is 0. The van der Waals surface area contributed by atoms with Gasteiger partial charge < -0.3 is 9.47 Å². The highest BCUT2D eigenvalue weighted by Gasteiger charge is 1.96. The molecule has 5 heteroatoms. The van der Waals surface area contributed by atoms with Crippen molar-refractivity contribution in [1.29, 1.82) is 0 Å². The van der Waals surface area contributed by atoms with Gasteiger partial charge in [-0.15, -0.1) is 0 Å². The quantitative estimate of drug-likeness (QED) is 0.614. The number of rotatable bonds is 6. The SMILES string of the molecule is COc1ccc(N=Cc2cccc(C=Nc3ccc(OC)cc3)n2)cc1. The minimum absolute atomic E-state index is 0.763. The lowest BCUT2D eigenvalue weighted by atomic mass is 10.3. The Labute approximate surface area is 152 Å². The van der Waals surface area contributed by atoms with Crippen molar-refractivity contribution in [2.75, 3.05) is 14.2 Å². The maximum absolute atomic E-state index is 5.14. The van der Waals surface area contributed by atoms with Gasteiger partial charge in [0.2, 0.25) is 0 Å². The fraction of sp³-hybridized carbons (Fsp3) is 0.0952. The van der Waals surface area contributed by atoms with Gasteiger partial charge in [-0.05, 0) is 60.7 Å². The third-order valence-electron chi connectivity index (χ3n) is 3.63. The largest absolute Gasteiger partial charge is 0.497 e. The van der Waals surface area contributed by atoms with E-state index in [9.17, 15) is 0 Å². The van der Waals surface area contributed by atoms with Gasteiger partial charge in [-0.3, -0.25) is 9.98 Å². The van der Waals surface area contributed by atoms with E-state index in [0.717, 1.165) is 34.3 Å². The van der Waals surface area contributed by atoms with Crippen LogP contribution in [0.3, 0.4) is 0 Å². The summed E-state index contributed by atoms with van der Waals surface area (Å²) in [6.45, 7) is 0. The van der Waals surface area contributed by atoms with Crippen molar-refractivity contribution in [2.24, 2.45) is 9.98 Å². The second-order valence-electron chi connectivity index (χ2n) is 5.40. The molecule has 26 heavy (non-hydrogen) atoms. The van der Waals surface area contributed by atoms with Crippen LogP contribution in [-0.4, -0.2) is 31.6 Å². The predicted octanol–water partition coefficient (Wildman–Crippen LogP) is 4.60. The predicted molar refractivity (Wildman–Crippen MR) is 105 cm³/mol. The molecule has 1 heterocycles. The Kier molecular flexibility index (Phi) is 5.72. The lowest BCUT2D eigenvalue weighted by Gasteiger charge is -2.00. The van der Waals surface area contributed by atoms with E-state index in [0.29, 0.717) is 0 Å². The van der Waals surface area contributed by atoms with Crippen molar-refractivity contribution in [3.63, 3.8) is 0 Å². The van der Waals surface area contributed by atoms with Crippen LogP contribution >= 0.6 is 0 Å². The molecule has 5 nitrogen and oxygen atoms in total. The van der Waals surface area contributed by atoms with E-state index in [1.807, 2.05) is 66.7 Å². The molecular weight excluding hydrogens is 326 g/mol. The number of aliphatic imine (C=N–C) groups is 2. The smallest absolute Gasteiger partial charge is 0.119 e. The highest BCUT2D eigenvalue weighted by Crippen LogP contribution is 2.18. The van der Waals surface area contributed by atoms with Crippen LogP contribution in [0.15, 0.2) is 76.7 Å². The normalized spacial score (nSPS) is 11.2. The molecule has 0 fully saturated rings. The molecule has 0 unspecified atom stereocenters. The van der Waals surface area contributed by atoms with E-state index in [1.54, 1.807) is 26.6 Å². The van der Waals surface area contributed by atoms with Crippen LogP contribution in [-0.2, 0) is 0 Å². The summed E-state index contributed by atoms with van der Waals surface area (Å²) in [6.07, 6.45) is 3.46. The summed E-state index contributed by atoms with van der Waals surface area (Å²) in [4.78, 5) is 13.4. The third-order valence-corrected chi connectivity index (χ3v) is 3.63. The van der Waals surface area contributed by atoms with E-state index in [2.05, 4.69) is 15.0 Å². The van der Waals surface area contributed by atoms with Gasteiger partial charge in [0, 0.05) is 0 Å². The molecule has 3 aromatic rings. The first-order chi connectivity index (χ1) is 12.8. The Morgan fingerprint density at radius 1 is 0.654 bits per heavy atom. The molecule has 1 aromatic heterocycles. The zero-order valence-corrected chi connectivity index (χ0v) is 14.7. The van der Waals surface area contributed by atoms with Crippen molar-refractivity contribution in [3.8, 4) is 11.5 Å². The zero-order chi connectivity index (χ0) is 18.2. The van der Waals surface area contributed by atoms with Crippen molar-refractivity contribution in [3.05, 3.63) is 78.1 Å². The van der Waals surface area contributed by atoms with E-state index in [1.165, 1.54) is 0 Å². The van der Waals surface area contributed by atoms with Gasteiger partial charge in [0.25, 0.3) is 0 Å².